The molecule has 1 nitrogen and oxygen atoms in total. The van der Waals surface area contributed by atoms with E-state index in [0.29, 0.717) is 5.92 Å². The van der Waals surface area contributed by atoms with Crippen molar-refractivity contribution in [2.24, 2.45) is 11.7 Å². The van der Waals surface area contributed by atoms with Gasteiger partial charge in [0, 0.05) is 15.0 Å². The molecule has 2 rings (SSSR count). The van der Waals surface area contributed by atoms with Gasteiger partial charge in [0.1, 0.15) is 0 Å². The van der Waals surface area contributed by atoms with Crippen LogP contribution < -0.4 is 5.73 Å². The van der Waals surface area contributed by atoms with Gasteiger partial charge in [0.2, 0.25) is 0 Å². The van der Waals surface area contributed by atoms with E-state index in [9.17, 15) is 0 Å². The van der Waals surface area contributed by atoms with Crippen LogP contribution in [0.1, 0.15) is 43.7 Å². The minimum Gasteiger partial charge on any atom is -0.324 e. The Kier molecular flexibility index (Phi) is 6.49. The van der Waals surface area contributed by atoms with E-state index in [2.05, 4.69) is 44.0 Å². The van der Waals surface area contributed by atoms with E-state index < -0.39 is 0 Å². The van der Waals surface area contributed by atoms with Crippen molar-refractivity contribution >= 4 is 44.3 Å². The molecular formula is C13H18Br2ClN. The second-order valence-electron chi connectivity index (χ2n) is 4.59. The summed E-state index contributed by atoms with van der Waals surface area (Å²) in [4.78, 5) is 0. The zero-order valence-corrected chi connectivity index (χ0v) is 13.7. The summed E-state index contributed by atoms with van der Waals surface area (Å²) in [5, 5.41) is 0. The van der Waals surface area contributed by atoms with E-state index in [1.165, 1.54) is 37.7 Å². The summed E-state index contributed by atoms with van der Waals surface area (Å²) in [7, 11) is 0. The Labute approximate surface area is 126 Å². The van der Waals surface area contributed by atoms with Crippen LogP contribution >= 0.6 is 44.3 Å². The van der Waals surface area contributed by atoms with Crippen LogP contribution in [-0.4, -0.2) is 0 Å². The number of benzene rings is 1. The predicted molar refractivity (Wildman–Crippen MR) is 82.6 cm³/mol. The first-order chi connectivity index (χ1) is 7.68. The van der Waals surface area contributed by atoms with Crippen LogP contribution in [0.15, 0.2) is 27.1 Å². The summed E-state index contributed by atoms with van der Waals surface area (Å²) in [6.07, 6.45) is 6.61. The molecule has 0 aromatic heterocycles. The number of halogens is 3. The Hall–Kier alpha value is 0.430. The summed E-state index contributed by atoms with van der Waals surface area (Å²) in [5.74, 6) is 0.652. The molecule has 0 unspecified atom stereocenters. The highest BCUT2D eigenvalue weighted by Crippen LogP contribution is 2.36. The monoisotopic (exact) mass is 381 g/mol. The van der Waals surface area contributed by atoms with E-state index in [0.717, 1.165) is 8.95 Å². The third kappa shape index (κ3) is 3.95. The quantitative estimate of drug-likeness (QED) is 0.745. The topological polar surface area (TPSA) is 26.0 Å². The van der Waals surface area contributed by atoms with Crippen molar-refractivity contribution in [1.29, 1.82) is 0 Å². The molecule has 0 spiro atoms. The average molecular weight is 384 g/mol. The molecule has 2 N–H and O–H groups in total. The van der Waals surface area contributed by atoms with Crippen LogP contribution in [0.4, 0.5) is 0 Å². The zero-order chi connectivity index (χ0) is 11.5. The lowest BCUT2D eigenvalue weighted by Crippen LogP contribution is -2.23. The Balaban J connectivity index is 0.00000144. The largest absolute Gasteiger partial charge is 0.324 e. The first-order valence-electron chi connectivity index (χ1n) is 5.89. The van der Waals surface area contributed by atoms with Gasteiger partial charge in [-0.05, 0) is 42.5 Å². The predicted octanol–water partition coefficient (Wildman–Crippen LogP) is 5.21. The van der Waals surface area contributed by atoms with Crippen molar-refractivity contribution in [3.8, 4) is 0 Å². The summed E-state index contributed by atoms with van der Waals surface area (Å²) in [6, 6.07) is 6.43. The van der Waals surface area contributed by atoms with E-state index in [4.69, 9.17) is 5.73 Å². The van der Waals surface area contributed by atoms with Crippen LogP contribution in [0.2, 0.25) is 0 Å². The fourth-order valence-electron chi connectivity index (χ4n) is 2.52. The molecule has 1 aliphatic rings. The number of hydrogen-bond acceptors (Lipinski definition) is 1. The van der Waals surface area contributed by atoms with Crippen molar-refractivity contribution in [1.82, 2.24) is 0 Å². The molecule has 0 saturated heterocycles. The normalized spacial score (nSPS) is 18.5. The Bertz CT molecular complexity index is 364. The summed E-state index contributed by atoms with van der Waals surface area (Å²) in [6.45, 7) is 0. The van der Waals surface area contributed by atoms with Gasteiger partial charge in [-0.1, -0.05) is 51.1 Å². The maximum absolute atomic E-state index is 6.39. The van der Waals surface area contributed by atoms with Crippen molar-refractivity contribution in [2.45, 2.75) is 38.1 Å². The number of nitrogens with two attached hydrogens (primary N) is 1. The number of hydrogen-bond donors (Lipinski definition) is 1. The van der Waals surface area contributed by atoms with E-state index in [-0.39, 0.29) is 18.4 Å². The first-order valence-corrected chi connectivity index (χ1v) is 7.47. The molecule has 4 heteroatoms. The van der Waals surface area contributed by atoms with Gasteiger partial charge in [-0.3, -0.25) is 0 Å². The van der Waals surface area contributed by atoms with Gasteiger partial charge in [0.25, 0.3) is 0 Å². The standard InChI is InChI=1S/C13H17Br2N.ClH/c14-10-6-7-12(15)11(8-10)13(16)9-4-2-1-3-5-9;/h6-9,13H,1-5,16H2;1H/t13-;/m0./s1. The molecule has 1 aromatic carbocycles. The van der Waals surface area contributed by atoms with Crippen molar-refractivity contribution < 1.29 is 0 Å². The van der Waals surface area contributed by atoms with Gasteiger partial charge in [-0.2, -0.15) is 0 Å². The molecule has 0 heterocycles. The molecule has 0 aliphatic heterocycles. The molecule has 96 valence electrons. The lowest BCUT2D eigenvalue weighted by Gasteiger charge is -2.28. The fourth-order valence-corrected chi connectivity index (χ4v) is 3.41. The van der Waals surface area contributed by atoms with Gasteiger partial charge >= 0.3 is 0 Å². The summed E-state index contributed by atoms with van der Waals surface area (Å²) >= 11 is 7.11. The summed E-state index contributed by atoms with van der Waals surface area (Å²) < 4.78 is 2.24. The second kappa shape index (κ2) is 7.13. The third-order valence-corrected chi connectivity index (χ3v) is 4.69. The maximum Gasteiger partial charge on any atom is 0.0335 e. The molecule has 1 saturated carbocycles. The van der Waals surface area contributed by atoms with Gasteiger partial charge < -0.3 is 5.73 Å². The zero-order valence-electron chi connectivity index (χ0n) is 9.66. The highest BCUT2D eigenvalue weighted by Gasteiger charge is 2.23. The average Bonchev–Trinajstić information content (AvgIpc) is 2.32. The van der Waals surface area contributed by atoms with E-state index >= 15 is 0 Å². The highest BCUT2D eigenvalue weighted by molar-refractivity contribution is 9.11. The first kappa shape index (κ1) is 15.5. The minimum atomic E-state index is 0. The van der Waals surface area contributed by atoms with E-state index in [1.54, 1.807) is 0 Å². The Morgan fingerprint density at radius 2 is 1.76 bits per heavy atom. The summed E-state index contributed by atoms with van der Waals surface area (Å²) in [5.41, 5.74) is 7.63. The molecule has 1 aliphatic carbocycles. The van der Waals surface area contributed by atoms with Crippen LogP contribution in [0.3, 0.4) is 0 Å². The highest BCUT2D eigenvalue weighted by atomic mass is 79.9. The third-order valence-electron chi connectivity index (χ3n) is 3.47. The van der Waals surface area contributed by atoms with Crippen LogP contribution in [0.25, 0.3) is 0 Å². The van der Waals surface area contributed by atoms with Crippen LogP contribution in [0.5, 0.6) is 0 Å². The second-order valence-corrected chi connectivity index (χ2v) is 6.36. The molecular weight excluding hydrogens is 365 g/mol. The lowest BCUT2D eigenvalue weighted by atomic mass is 9.81. The van der Waals surface area contributed by atoms with Gasteiger partial charge in [0.15, 0.2) is 0 Å². The fraction of sp³-hybridized carbons (Fsp3) is 0.538. The smallest absolute Gasteiger partial charge is 0.0335 e. The molecule has 0 radical (unpaired) electrons. The SMILES string of the molecule is Cl.N[C@H](c1cc(Br)ccc1Br)C1CCCCC1. The molecule has 1 atom stereocenters. The maximum atomic E-state index is 6.39. The lowest BCUT2D eigenvalue weighted by molar-refractivity contribution is 0.307. The van der Waals surface area contributed by atoms with Gasteiger partial charge in [0.05, 0.1) is 0 Å². The Morgan fingerprint density at radius 3 is 2.41 bits per heavy atom. The van der Waals surface area contributed by atoms with Crippen molar-refractivity contribution in [3.05, 3.63) is 32.7 Å². The van der Waals surface area contributed by atoms with Crippen LogP contribution in [0, 0.1) is 5.92 Å². The Morgan fingerprint density at radius 1 is 1.12 bits per heavy atom. The van der Waals surface area contributed by atoms with Crippen molar-refractivity contribution in [3.63, 3.8) is 0 Å². The molecule has 1 aromatic rings. The molecule has 17 heavy (non-hydrogen) atoms. The van der Waals surface area contributed by atoms with Crippen LogP contribution in [-0.2, 0) is 0 Å². The van der Waals surface area contributed by atoms with E-state index in [1.807, 2.05) is 6.07 Å². The minimum absolute atomic E-state index is 0. The van der Waals surface area contributed by atoms with Gasteiger partial charge in [-0.15, -0.1) is 12.4 Å². The molecule has 0 amide bonds. The van der Waals surface area contributed by atoms with Crippen molar-refractivity contribution in [2.75, 3.05) is 0 Å². The van der Waals surface area contributed by atoms with Gasteiger partial charge in [-0.25, -0.2) is 0 Å². The molecule has 1 fully saturated rings. The number of rotatable bonds is 2. The molecule has 0 bridgehead atoms.